The molecule has 3 rings (SSSR count). The number of aliphatic hydroxyl groups is 1. The lowest BCUT2D eigenvalue weighted by Crippen LogP contribution is -2.50. The van der Waals surface area contributed by atoms with E-state index in [1.807, 2.05) is 0 Å². The first-order valence-electron chi connectivity index (χ1n) is 8.60. The molecule has 0 spiro atoms. The first-order valence-corrected chi connectivity index (χ1v) is 10.6. The Hall–Kier alpha value is -1.66. The third-order valence-electron chi connectivity index (χ3n) is 5.10. The van der Waals surface area contributed by atoms with Gasteiger partial charge in [0, 0.05) is 10.9 Å². The Morgan fingerprint density at radius 2 is 1.79 bits per heavy atom. The first kappa shape index (κ1) is 22.0. The second-order valence-corrected chi connectivity index (χ2v) is 9.78. The van der Waals surface area contributed by atoms with E-state index in [2.05, 4.69) is 10.3 Å². The highest BCUT2D eigenvalue weighted by molar-refractivity contribution is 8.45. The van der Waals surface area contributed by atoms with Gasteiger partial charge in [-0.2, -0.15) is 13.2 Å². The van der Waals surface area contributed by atoms with Crippen LogP contribution in [0.5, 0.6) is 0 Å². The minimum Gasteiger partial charge on any atom is -0.386 e. The molecular formula is C17H18F8N2OS. The number of piperidine rings is 1. The Morgan fingerprint density at radius 1 is 1.14 bits per heavy atom. The van der Waals surface area contributed by atoms with Crippen LogP contribution in [0, 0.1) is 0 Å². The third-order valence-corrected chi connectivity index (χ3v) is 6.10. The molecule has 12 heteroatoms. The molecule has 0 bridgehead atoms. The number of nitrogens with one attached hydrogen (secondary N) is 1. The van der Waals surface area contributed by atoms with Crippen molar-refractivity contribution < 1.29 is 37.7 Å². The molecule has 1 aromatic heterocycles. The molecule has 2 aromatic rings. The third kappa shape index (κ3) is 4.29. The van der Waals surface area contributed by atoms with Gasteiger partial charge in [0.25, 0.3) is 0 Å². The van der Waals surface area contributed by atoms with Crippen molar-refractivity contribution in [2.45, 2.75) is 49.0 Å². The maximum atomic E-state index is 13.4. The predicted molar refractivity (Wildman–Crippen MR) is 93.4 cm³/mol. The Kier molecular flexibility index (Phi) is 4.52. The topological polar surface area (TPSA) is 45.2 Å². The van der Waals surface area contributed by atoms with Crippen LogP contribution in [0.2, 0.25) is 0 Å². The molecule has 3 nitrogen and oxygen atoms in total. The quantitative estimate of drug-likeness (QED) is 0.527. The number of rotatable bonds is 3. The van der Waals surface area contributed by atoms with Crippen LogP contribution in [-0.4, -0.2) is 22.2 Å². The number of hydrogen-bond donors (Lipinski definition) is 2. The number of halogens is 8. The van der Waals surface area contributed by atoms with Crippen molar-refractivity contribution in [3.8, 4) is 0 Å². The minimum absolute atomic E-state index is 0.0315. The van der Waals surface area contributed by atoms with Gasteiger partial charge in [-0.15, -0.1) is 0 Å². The van der Waals surface area contributed by atoms with Gasteiger partial charge in [-0.3, -0.25) is 0 Å². The fourth-order valence-electron chi connectivity index (χ4n) is 3.56. The fourth-order valence-corrected chi connectivity index (χ4v) is 4.17. The largest absolute Gasteiger partial charge is 0.418 e. The Labute approximate surface area is 160 Å². The van der Waals surface area contributed by atoms with E-state index in [1.54, 1.807) is 0 Å². The van der Waals surface area contributed by atoms with E-state index in [0.717, 1.165) is 18.6 Å². The number of benzene rings is 1. The number of aliphatic hydroxyl groups excluding tert-OH is 1. The Morgan fingerprint density at radius 3 is 2.31 bits per heavy atom. The summed E-state index contributed by atoms with van der Waals surface area (Å²) in [6.45, 7) is 1.90. The fraction of sp³-hybridized carbons (Fsp3) is 0.471. The van der Waals surface area contributed by atoms with Crippen LogP contribution in [0.4, 0.5) is 32.6 Å². The van der Waals surface area contributed by atoms with Crippen LogP contribution in [0.1, 0.15) is 43.4 Å². The number of nitrogens with zero attached hydrogens (tertiary/aromatic N) is 1. The molecule has 0 radical (unpaired) electrons. The van der Waals surface area contributed by atoms with Crippen LogP contribution in [0.3, 0.4) is 0 Å². The molecule has 1 aromatic carbocycles. The predicted octanol–water partition coefficient (Wildman–Crippen LogP) is 6.48. The maximum Gasteiger partial charge on any atom is 0.418 e. The van der Waals surface area contributed by atoms with E-state index in [1.165, 1.54) is 6.92 Å². The van der Waals surface area contributed by atoms with Gasteiger partial charge >= 0.3 is 16.4 Å². The summed E-state index contributed by atoms with van der Waals surface area (Å²) in [5.74, 6) is 0. The maximum absolute atomic E-state index is 13.4. The van der Waals surface area contributed by atoms with Crippen LogP contribution in [0.25, 0.3) is 10.9 Å². The molecule has 1 saturated heterocycles. The molecule has 29 heavy (non-hydrogen) atoms. The normalized spacial score (nSPS) is 24.8. The second-order valence-electron chi connectivity index (χ2n) is 7.42. The van der Waals surface area contributed by atoms with Crippen molar-refractivity contribution in [2.24, 2.45) is 0 Å². The lowest BCUT2D eigenvalue weighted by atomic mass is 9.81. The van der Waals surface area contributed by atoms with Crippen molar-refractivity contribution in [3.05, 3.63) is 35.4 Å². The van der Waals surface area contributed by atoms with Crippen molar-refractivity contribution >= 4 is 21.1 Å². The number of alkyl halides is 3. The molecule has 0 aliphatic carbocycles. The van der Waals surface area contributed by atoms with Gasteiger partial charge in [0.1, 0.15) is 0 Å². The number of hydrogen-bond acceptors (Lipinski definition) is 3. The van der Waals surface area contributed by atoms with E-state index >= 15 is 0 Å². The number of fused-ring (bicyclic) bond motifs is 1. The SMILES string of the molecule is C[C@]1([C@H](O)c2cc(S(F)(F)(F)(F)F)nc3c(C(F)(F)F)cccc23)CCCCN1. The summed E-state index contributed by atoms with van der Waals surface area (Å²) < 4.78 is 107. The summed E-state index contributed by atoms with van der Waals surface area (Å²) in [4.78, 5) is 2.69. The molecule has 0 unspecified atom stereocenters. The summed E-state index contributed by atoms with van der Waals surface area (Å²) in [7, 11) is -10.4. The van der Waals surface area contributed by atoms with Crippen LogP contribution in [-0.2, 0) is 6.18 Å². The monoisotopic (exact) mass is 450 g/mol. The highest BCUT2D eigenvalue weighted by atomic mass is 32.5. The van der Waals surface area contributed by atoms with E-state index < -0.39 is 55.1 Å². The van der Waals surface area contributed by atoms with Crippen LogP contribution < -0.4 is 5.32 Å². The Balaban J connectivity index is 2.37. The van der Waals surface area contributed by atoms with E-state index in [-0.39, 0.29) is 6.07 Å². The molecular weight excluding hydrogens is 432 g/mol. The van der Waals surface area contributed by atoms with Gasteiger partial charge < -0.3 is 10.4 Å². The second kappa shape index (κ2) is 5.94. The van der Waals surface area contributed by atoms with Gasteiger partial charge in [0.05, 0.1) is 17.2 Å². The van der Waals surface area contributed by atoms with Crippen molar-refractivity contribution in [1.29, 1.82) is 0 Å². The highest BCUT2D eigenvalue weighted by Gasteiger charge is 2.67. The van der Waals surface area contributed by atoms with Crippen molar-refractivity contribution in [3.63, 3.8) is 0 Å². The van der Waals surface area contributed by atoms with Crippen molar-refractivity contribution in [2.75, 3.05) is 6.54 Å². The van der Waals surface area contributed by atoms with Crippen LogP contribution in [0.15, 0.2) is 29.3 Å². The zero-order chi connectivity index (χ0) is 21.9. The molecule has 1 fully saturated rings. The van der Waals surface area contributed by atoms with E-state index in [9.17, 15) is 37.7 Å². The zero-order valence-electron chi connectivity index (χ0n) is 15.0. The molecule has 164 valence electrons. The van der Waals surface area contributed by atoms with Gasteiger partial charge in [-0.05, 0) is 44.0 Å². The van der Waals surface area contributed by atoms with E-state index in [0.29, 0.717) is 25.5 Å². The molecule has 0 saturated carbocycles. The molecule has 0 amide bonds. The highest BCUT2D eigenvalue weighted by Crippen LogP contribution is 3.01. The number of aromatic nitrogens is 1. The van der Waals surface area contributed by atoms with Crippen molar-refractivity contribution in [1.82, 2.24) is 10.3 Å². The van der Waals surface area contributed by atoms with E-state index in [4.69, 9.17) is 0 Å². The van der Waals surface area contributed by atoms with Gasteiger partial charge in [0.2, 0.25) is 0 Å². The standard InChI is InChI=1S/C17H18F8N2OS/c1-16(7-2-3-8-26-16)15(28)11-9-13(29(21,22,23,24)25)27-14-10(11)5-4-6-12(14)17(18,19)20/h4-6,9,15,26,28H,2-3,7-8H2,1H3/t15-,16-/m1/s1. The number of pyridine rings is 1. The molecule has 1 aliphatic rings. The lowest BCUT2D eigenvalue weighted by molar-refractivity contribution is -0.136. The Bertz CT molecular complexity index is 952. The summed E-state index contributed by atoms with van der Waals surface area (Å²) >= 11 is 0. The molecule has 2 atom stereocenters. The van der Waals surface area contributed by atoms with Crippen LogP contribution >= 0.6 is 10.2 Å². The summed E-state index contributed by atoms with van der Waals surface area (Å²) in [5.41, 5.74) is -4.75. The van der Waals surface area contributed by atoms with Gasteiger partial charge in [-0.25, -0.2) is 4.98 Å². The molecule has 1 aliphatic heterocycles. The minimum atomic E-state index is -10.4. The summed E-state index contributed by atoms with van der Waals surface area (Å²) in [6.07, 6.45) is -5.27. The molecule has 2 N–H and O–H groups in total. The first-order chi connectivity index (χ1) is 12.9. The van der Waals surface area contributed by atoms with Gasteiger partial charge in [0.15, 0.2) is 5.03 Å². The lowest BCUT2D eigenvalue weighted by Gasteiger charge is -2.42. The number of para-hydroxylation sites is 1. The molecule has 2 heterocycles. The smallest absolute Gasteiger partial charge is 0.386 e. The average molecular weight is 450 g/mol. The van der Waals surface area contributed by atoms with Gasteiger partial charge in [-0.1, -0.05) is 38.0 Å². The summed E-state index contributed by atoms with van der Waals surface area (Å²) in [6, 6.07) is 2.38. The summed E-state index contributed by atoms with van der Waals surface area (Å²) in [5, 5.41) is 10.5. The zero-order valence-corrected chi connectivity index (χ0v) is 15.9. The average Bonchev–Trinajstić information content (AvgIpc) is 2.57.